The van der Waals surface area contributed by atoms with E-state index in [4.69, 9.17) is 4.74 Å². The molecule has 0 aromatic carbocycles. The summed E-state index contributed by atoms with van der Waals surface area (Å²) >= 11 is 0. The molecular formula is C13H24N2O2. The SMILES string of the molecule is C[C@H]1[C@H]2CNC[C@@H](C2)CN1C(=O)OC(C)(C)C. The molecule has 98 valence electrons. The molecule has 2 bridgehead atoms. The molecule has 17 heavy (non-hydrogen) atoms. The van der Waals surface area contributed by atoms with Gasteiger partial charge in [-0.15, -0.1) is 0 Å². The summed E-state index contributed by atoms with van der Waals surface area (Å²) in [5, 5.41) is 3.45. The van der Waals surface area contributed by atoms with Crippen molar-refractivity contribution in [2.75, 3.05) is 19.6 Å². The maximum atomic E-state index is 12.1. The van der Waals surface area contributed by atoms with Crippen LogP contribution >= 0.6 is 0 Å². The van der Waals surface area contributed by atoms with Crippen molar-refractivity contribution in [1.29, 1.82) is 0 Å². The van der Waals surface area contributed by atoms with Crippen LogP contribution in [0.15, 0.2) is 0 Å². The van der Waals surface area contributed by atoms with Gasteiger partial charge in [0.25, 0.3) is 0 Å². The summed E-state index contributed by atoms with van der Waals surface area (Å²) in [7, 11) is 0. The molecule has 1 amide bonds. The smallest absolute Gasteiger partial charge is 0.410 e. The van der Waals surface area contributed by atoms with Crippen LogP contribution in [0.25, 0.3) is 0 Å². The monoisotopic (exact) mass is 240 g/mol. The quantitative estimate of drug-likeness (QED) is 0.702. The van der Waals surface area contributed by atoms with Crippen molar-refractivity contribution in [2.45, 2.75) is 45.8 Å². The second-order valence-electron chi connectivity index (χ2n) is 6.39. The molecule has 2 heterocycles. The van der Waals surface area contributed by atoms with Crippen LogP contribution in [0.3, 0.4) is 0 Å². The van der Waals surface area contributed by atoms with E-state index in [1.807, 2.05) is 25.7 Å². The second-order valence-corrected chi connectivity index (χ2v) is 6.39. The van der Waals surface area contributed by atoms with Crippen molar-refractivity contribution >= 4 is 6.09 Å². The van der Waals surface area contributed by atoms with Gasteiger partial charge in [-0.2, -0.15) is 0 Å². The number of nitrogens with zero attached hydrogens (tertiary/aromatic N) is 1. The van der Waals surface area contributed by atoms with Crippen molar-refractivity contribution in [2.24, 2.45) is 11.8 Å². The molecule has 0 aromatic heterocycles. The van der Waals surface area contributed by atoms with Gasteiger partial charge in [0.05, 0.1) is 0 Å². The Bertz CT molecular complexity index is 298. The van der Waals surface area contributed by atoms with Gasteiger partial charge in [-0.05, 0) is 59.0 Å². The van der Waals surface area contributed by atoms with Crippen LogP contribution < -0.4 is 5.32 Å². The summed E-state index contributed by atoms with van der Waals surface area (Å²) < 4.78 is 5.48. The summed E-state index contributed by atoms with van der Waals surface area (Å²) in [6.45, 7) is 10.8. The fourth-order valence-corrected chi connectivity index (χ4v) is 2.83. The van der Waals surface area contributed by atoms with Crippen LogP contribution in [0, 0.1) is 11.8 Å². The molecule has 2 saturated heterocycles. The lowest BCUT2D eigenvalue weighted by Gasteiger charge is -2.46. The first-order valence-electron chi connectivity index (χ1n) is 6.57. The van der Waals surface area contributed by atoms with Crippen molar-refractivity contribution in [1.82, 2.24) is 10.2 Å². The predicted octanol–water partition coefficient (Wildman–Crippen LogP) is 1.85. The molecule has 4 nitrogen and oxygen atoms in total. The van der Waals surface area contributed by atoms with E-state index in [0.29, 0.717) is 11.8 Å². The van der Waals surface area contributed by atoms with Crippen LogP contribution in [-0.4, -0.2) is 42.3 Å². The van der Waals surface area contributed by atoms with Gasteiger partial charge in [-0.25, -0.2) is 4.79 Å². The zero-order valence-corrected chi connectivity index (χ0v) is 11.3. The lowest BCUT2D eigenvalue weighted by Crippen LogP contribution is -2.58. The topological polar surface area (TPSA) is 41.6 Å². The number of hydrogen-bond acceptors (Lipinski definition) is 3. The summed E-state index contributed by atoms with van der Waals surface area (Å²) in [4.78, 5) is 14.1. The average molecular weight is 240 g/mol. The molecule has 1 N–H and O–H groups in total. The average Bonchev–Trinajstić information content (AvgIpc) is 2.21. The highest BCUT2D eigenvalue weighted by Crippen LogP contribution is 2.30. The van der Waals surface area contributed by atoms with Crippen molar-refractivity contribution in [3.8, 4) is 0 Å². The Hall–Kier alpha value is -0.770. The Morgan fingerprint density at radius 1 is 1.35 bits per heavy atom. The van der Waals surface area contributed by atoms with E-state index in [-0.39, 0.29) is 12.1 Å². The molecule has 2 aliphatic rings. The van der Waals surface area contributed by atoms with Gasteiger partial charge in [0.15, 0.2) is 0 Å². The van der Waals surface area contributed by atoms with Crippen LogP contribution in [0.2, 0.25) is 0 Å². The first-order chi connectivity index (χ1) is 7.87. The van der Waals surface area contributed by atoms with Gasteiger partial charge in [0.1, 0.15) is 5.60 Å². The highest BCUT2D eigenvalue weighted by Gasteiger charge is 2.39. The minimum atomic E-state index is -0.401. The number of likely N-dealkylation sites (tertiary alicyclic amines) is 1. The first kappa shape index (κ1) is 12.7. The zero-order chi connectivity index (χ0) is 12.6. The van der Waals surface area contributed by atoms with Crippen LogP contribution in [0.5, 0.6) is 0 Å². The fraction of sp³-hybridized carbons (Fsp3) is 0.923. The van der Waals surface area contributed by atoms with Crippen LogP contribution in [0.1, 0.15) is 34.1 Å². The molecule has 3 atom stereocenters. The van der Waals surface area contributed by atoms with Crippen LogP contribution in [0.4, 0.5) is 4.79 Å². The zero-order valence-electron chi connectivity index (χ0n) is 11.3. The summed E-state index contributed by atoms with van der Waals surface area (Å²) in [5.41, 5.74) is -0.401. The third kappa shape index (κ3) is 2.92. The fourth-order valence-electron chi connectivity index (χ4n) is 2.83. The first-order valence-corrected chi connectivity index (χ1v) is 6.57. The number of amides is 1. The summed E-state index contributed by atoms with van der Waals surface area (Å²) in [5.74, 6) is 1.17. The standard InChI is InChI=1S/C13H24N2O2/c1-9-11-5-10(6-14-7-11)8-15(9)12(16)17-13(2,3)4/h9-11,14H,5-8H2,1-4H3/t9-,10+,11+/m0/s1. The van der Waals surface area contributed by atoms with E-state index in [2.05, 4.69) is 12.2 Å². The van der Waals surface area contributed by atoms with Gasteiger partial charge in [0.2, 0.25) is 0 Å². The molecule has 0 aliphatic carbocycles. The molecule has 2 fully saturated rings. The maximum Gasteiger partial charge on any atom is 0.410 e. The van der Waals surface area contributed by atoms with Gasteiger partial charge in [-0.1, -0.05) is 0 Å². The van der Waals surface area contributed by atoms with Crippen molar-refractivity contribution < 1.29 is 9.53 Å². The van der Waals surface area contributed by atoms with E-state index >= 15 is 0 Å². The molecule has 0 aromatic rings. The number of piperidine rings is 2. The number of nitrogens with one attached hydrogen (secondary N) is 1. The number of carbonyl (C=O) groups is 1. The van der Waals surface area contributed by atoms with Gasteiger partial charge in [-0.3, -0.25) is 0 Å². The second kappa shape index (κ2) is 4.48. The third-order valence-electron chi connectivity index (χ3n) is 3.73. The van der Waals surface area contributed by atoms with Gasteiger partial charge >= 0.3 is 6.09 Å². The van der Waals surface area contributed by atoms with E-state index in [0.717, 1.165) is 19.6 Å². The van der Waals surface area contributed by atoms with Gasteiger partial charge in [0, 0.05) is 12.6 Å². The highest BCUT2D eigenvalue weighted by molar-refractivity contribution is 5.68. The lowest BCUT2D eigenvalue weighted by atomic mass is 9.81. The molecule has 4 heteroatoms. The minimum absolute atomic E-state index is 0.151. The molecule has 2 aliphatic heterocycles. The Morgan fingerprint density at radius 2 is 2.06 bits per heavy atom. The third-order valence-corrected chi connectivity index (χ3v) is 3.73. The highest BCUT2D eigenvalue weighted by atomic mass is 16.6. The number of hydrogen-bond donors (Lipinski definition) is 1. The maximum absolute atomic E-state index is 12.1. The van der Waals surface area contributed by atoms with E-state index < -0.39 is 5.60 Å². The van der Waals surface area contributed by atoms with E-state index in [9.17, 15) is 4.79 Å². The van der Waals surface area contributed by atoms with Crippen LogP contribution in [-0.2, 0) is 4.74 Å². The number of carbonyl (C=O) groups excluding carboxylic acids is 1. The van der Waals surface area contributed by atoms with Crippen molar-refractivity contribution in [3.05, 3.63) is 0 Å². The Balaban J connectivity index is 2.02. The molecule has 0 saturated carbocycles. The Kier molecular flexibility index (Phi) is 3.34. The number of rotatable bonds is 0. The van der Waals surface area contributed by atoms with Crippen molar-refractivity contribution in [3.63, 3.8) is 0 Å². The number of fused-ring (bicyclic) bond motifs is 2. The summed E-state index contributed by atoms with van der Waals surface area (Å²) in [6, 6.07) is 0.286. The molecule has 2 rings (SSSR count). The molecular weight excluding hydrogens is 216 g/mol. The number of ether oxygens (including phenoxy) is 1. The Morgan fingerprint density at radius 3 is 2.71 bits per heavy atom. The molecule has 0 unspecified atom stereocenters. The van der Waals surface area contributed by atoms with E-state index in [1.165, 1.54) is 6.42 Å². The summed E-state index contributed by atoms with van der Waals surface area (Å²) in [6.07, 6.45) is 1.09. The molecule has 0 radical (unpaired) electrons. The molecule has 0 spiro atoms. The predicted molar refractivity (Wildman–Crippen MR) is 66.9 cm³/mol. The van der Waals surface area contributed by atoms with Gasteiger partial charge < -0.3 is 15.0 Å². The van der Waals surface area contributed by atoms with E-state index in [1.54, 1.807) is 0 Å². The minimum Gasteiger partial charge on any atom is -0.444 e. The Labute approximate surface area is 104 Å². The largest absolute Gasteiger partial charge is 0.444 e. The lowest BCUT2D eigenvalue weighted by molar-refractivity contribution is -0.0123. The normalized spacial score (nSPS) is 33.4.